The Morgan fingerprint density at radius 3 is 2.25 bits per heavy atom. The molecule has 16 heavy (non-hydrogen) atoms. The van der Waals surface area contributed by atoms with Gasteiger partial charge in [-0.05, 0) is 37.1 Å². The third-order valence-electron chi connectivity index (χ3n) is 2.10. The van der Waals surface area contributed by atoms with Gasteiger partial charge in [0, 0.05) is 12.4 Å². The summed E-state index contributed by atoms with van der Waals surface area (Å²) in [5.41, 5.74) is 7.92. The molecule has 0 radical (unpaired) electrons. The fourth-order valence-corrected chi connectivity index (χ4v) is 1.52. The highest BCUT2D eigenvalue weighted by atomic mass is 16.5. The zero-order chi connectivity index (χ0) is 11.5. The summed E-state index contributed by atoms with van der Waals surface area (Å²) in [6.07, 6.45) is 3.08. The molecule has 0 amide bonds. The van der Waals surface area contributed by atoms with E-state index < -0.39 is 0 Å². The number of nitrogen functional groups attached to an aromatic ring is 1. The largest absolute Gasteiger partial charge is 0.436 e. The van der Waals surface area contributed by atoms with Crippen molar-refractivity contribution in [1.82, 2.24) is 9.97 Å². The molecule has 0 bridgehead atoms. The second kappa shape index (κ2) is 4.18. The van der Waals surface area contributed by atoms with Crippen molar-refractivity contribution in [2.75, 3.05) is 5.73 Å². The van der Waals surface area contributed by atoms with Crippen molar-refractivity contribution in [3.05, 3.63) is 41.7 Å². The van der Waals surface area contributed by atoms with E-state index in [-0.39, 0.29) is 0 Å². The van der Waals surface area contributed by atoms with Crippen molar-refractivity contribution < 1.29 is 4.74 Å². The molecule has 2 rings (SSSR count). The third-order valence-corrected chi connectivity index (χ3v) is 2.10. The van der Waals surface area contributed by atoms with E-state index in [1.165, 1.54) is 6.20 Å². The lowest BCUT2D eigenvalue weighted by Crippen LogP contribution is -1.97. The molecule has 0 aliphatic carbocycles. The van der Waals surface area contributed by atoms with Gasteiger partial charge in [-0.1, -0.05) is 6.07 Å². The number of aryl methyl sites for hydroxylation is 2. The lowest BCUT2D eigenvalue weighted by atomic mass is 10.1. The van der Waals surface area contributed by atoms with Crippen LogP contribution in [0.4, 0.5) is 5.82 Å². The zero-order valence-electron chi connectivity index (χ0n) is 9.27. The SMILES string of the molecule is Cc1cc(C)cc(Oc2nccnc2N)c1. The number of benzene rings is 1. The Hall–Kier alpha value is -2.10. The lowest BCUT2D eigenvalue weighted by molar-refractivity contribution is 0.462. The van der Waals surface area contributed by atoms with Crippen LogP contribution < -0.4 is 10.5 Å². The summed E-state index contributed by atoms with van der Waals surface area (Å²) >= 11 is 0. The van der Waals surface area contributed by atoms with Gasteiger partial charge in [-0.15, -0.1) is 0 Å². The van der Waals surface area contributed by atoms with Crippen LogP contribution in [0.15, 0.2) is 30.6 Å². The van der Waals surface area contributed by atoms with Gasteiger partial charge >= 0.3 is 0 Å². The second-order valence-corrected chi connectivity index (χ2v) is 3.67. The van der Waals surface area contributed by atoms with Crippen molar-refractivity contribution >= 4 is 5.82 Å². The molecule has 0 aliphatic rings. The first-order valence-corrected chi connectivity index (χ1v) is 4.98. The van der Waals surface area contributed by atoms with Crippen molar-refractivity contribution in [3.8, 4) is 11.6 Å². The van der Waals surface area contributed by atoms with Crippen molar-refractivity contribution in [3.63, 3.8) is 0 Å². The molecule has 0 atom stereocenters. The van der Waals surface area contributed by atoms with E-state index in [2.05, 4.69) is 16.0 Å². The molecule has 4 heteroatoms. The summed E-state index contributed by atoms with van der Waals surface area (Å²) in [7, 11) is 0. The van der Waals surface area contributed by atoms with Crippen LogP contribution in [-0.4, -0.2) is 9.97 Å². The van der Waals surface area contributed by atoms with Crippen LogP contribution in [0.1, 0.15) is 11.1 Å². The zero-order valence-corrected chi connectivity index (χ0v) is 9.27. The van der Waals surface area contributed by atoms with Crippen LogP contribution in [0.2, 0.25) is 0 Å². The van der Waals surface area contributed by atoms with Crippen LogP contribution in [0.5, 0.6) is 11.6 Å². The van der Waals surface area contributed by atoms with Gasteiger partial charge in [0.15, 0.2) is 5.82 Å². The van der Waals surface area contributed by atoms with Gasteiger partial charge in [0.1, 0.15) is 5.75 Å². The number of hydrogen-bond donors (Lipinski definition) is 1. The number of aromatic nitrogens is 2. The van der Waals surface area contributed by atoms with E-state index in [0.29, 0.717) is 11.7 Å². The molecule has 1 aromatic carbocycles. The Labute approximate surface area is 94.1 Å². The van der Waals surface area contributed by atoms with Crippen molar-refractivity contribution in [2.24, 2.45) is 0 Å². The molecule has 1 heterocycles. The maximum absolute atomic E-state index is 5.65. The molecular formula is C12H13N3O. The smallest absolute Gasteiger partial charge is 0.262 e. The molecule has 0 saturated heterocycles. The Balaban J connectivity index is 2.30. The molecule has 0 spiro atoms. The monoisotopic (exact) mass is 215 g/mol. The molecule has 0 aliphatic heterocycles. The predicted molar refractivity (Wildman–Crippen MR) is 62.4 cm³/mol. The van der Waals surface area contributed by atoms with E-state index in [1.807, 2.05) is 26.0 Å². The van der Waals surface area contributed by atoms with E-state index in [0.717, 1.165) is 16.9 Å². The lowest BCUT2D eigenvalue weighted by Gasteiger charge is -2.07. The summed E-state index contributed by atoms with van der Waals surface area (Å²) in [4.78, 5) is 7.93. The standard InChI is InChI=1S/C12H13N3O/c1-8-5-9(2)7-10(6-8)16-12-11(13)14-3-4-15-12/h3-7H,1-2H3,(H2,13,14). The normalized spacial score (nSPS) is 10.1. The Morgan fingerprint density at radius 2 is 1.62 bits per heavy atom. The third kappa shape index (κ3) is 2.28. The van der Waals surface area contributed by atoms with Crippen LogP contribution >= 0.6 is 0 Å². The van der Waals surface area contributed by atoms with E-state index >= 15 is 0 Å². The first-order valence-electron chi connectivity index (χ1n) is 4.98. The fraction of sp³-hybridized carbons (Fsp3) is 0.167. The molecule has 0 unspecified atom stereocenters. The number of hydrogen-bond acceptors (Lipinski definition) is 4. The summed E-state index contributed by atoms with van der Waals surface area (Å²) in [5, 5.41) is 0. The Kier molecular flexibility index (Phi) is 2.72. The highest BCUT2D eigenvalue weighted by Crippen LogP contribution is 2.24. The van der Waals surface area contributed by atoms with Gasteiger partial charge in [0.25, 0.3) is 5.88 Å². The summed E-state index contributed by atoms with van der Waals surface area (Å²) in [6, 6.07) is 5.94. The van der Waals surface area contributed by atoms with Crippen molar-refractivity contribution in [1.29, 1.82) is 0 Å². The van der Waals surface area contributed by atoms with Gasteiger partial charge in [-0.2, -0.15) is 0 Å². The minimum Gasteiger partial charge on any atom is -0.436 e. The molecule has 82 valence electrons. The highest BCUT2D eigenvalue weighted by molar-refractivity contribution is 5.43. The van der Waals surface area contributed by atoms with E-state index in [1.54, 1.807) is 6.20 Å². The molecule has 1 aromatic heterocycles. The number of nitrogens with zero attached hydrogens (tertiary/aromatic N) is 2. The quantitative estimate of drug-likeness (QED) is 0.835. The minimum absolute atomic E-state index is 0.293. The maximum Gasteiger partial charge on any atom is 0.262 e. The predicted octanol–water partition coefficient (Wildman–Crippen LogP) is 2.47. The summed E-state index contributed by atoms with van der Waals surface area (Å²) in [5.74, 6) is 1.36. The molecular weight excluding hydrogens is 202 g/mol. The molecule has 0 saturated carbocycles. The van der Waals surface area contributed by atoms with Crippen LogP contribution in [0.25, 0.3) is 0 Å². The maximum atomic E-state index is 5.65. The number of nitrogens with two attached hydrogens (primary N) is 1. The van der Waals surface area contributed by atoms with Crippen LogP contribution in [-0.2, 0) is 0 Å². The average Bonchev–Trinajstić information content (AvgIpc) is 2.20. The topological polar surface area (TPSA) is 61.0 Å². The van der Waals surface area contributed by atoms with Crippen molar-refractivity contribution in [2.45, 2.75) is 13.8 Å². The Bertz CT molecular complexity index is 491. The number of rotatable bonds is 2. The van der Waals surface area contributed by atoms with Crippen LogP contribution in [0, 0.1) is 13.8 Å². The first kappa shape index (κ1) is 10.4. The first-order chi connectivity index (χ1) is 7.65. The molecule has 4 nitrogen and oxygen atoms in total. The van der Waals surface area contributed by atoms with E-state index in [4.69, 9.17) is 10.5 Å². The van der Waals surface area contributed by atoms with Gasteiger partial charge < -0.3 is 10.5 Å². The van der Waals surface area contributed by atoms with Gasteiger partial charge in [-0.25, -0.2) is 9.97 Å². The van der Waals surface area contributed by atoms with Crippen LogP contribution in [0.3, 0.4) is 0 Å². The average molecular weight is 215 g/mol. The molecule has 2 aromatic rings. The van der Waals surface area contributed by atoms with Gasteiger partial charge in [0.05, 0.1) is 0 Å². The molecule has 0 fully saturated rings. The van der Waals surface area contributed by atoms with E-state index in [9.17, 15) is 0 Å². The number of ether oxygens (including phenoxy) is 1. The summed E-state index contributed by atoms with van der Waals surface area (Å²) < 4.78 is 5.57. The highest BCUT2D eigenvalue weighted by Gasteiger charge is 2.04. The molecule has 2 N–H and O–H groups in total. The second-order valence-electron chi connectivity index (χ2n) is 3.67. The summed E-state index contributed by atoms with van der Waals surface area (Å²) in [6.45, 7) is 4.03. The van der Waals surface area contributed by atoms with Gasteiger partial charge in [0.2, 0.25) is 0 Å². The number of anilines is 1. The minimum atomic E-state index is 0.293. The Morgan fingerprint density at radius 1 is 1.00 bits per heavy atom. The van der Waals surface area contributed by atoms with Gasteiger partial charge in [-0.3, -0.25) is 0 Å². The fourth-order valence-electron chi connectivity index (χ4n) is 1.52.